The molecule has 0 bridgehead atoms. The quantitative estimate of drug-likeness (QED) is 0.197. The van der Waals surface area contributed by atoms with Gasteiger partial charge in [0.25, 0.3) is 0 Å². The van der Waals surface area contributed by atoms with E-state index < -0.39 is 0 Å². The van der Waals surface area contributed by atoms with Crippen molar-refractivity contribution < 1.29 is 13.9 Å². The number of aryl methyl sites for hydroxylation is 1. The van der Waals surface area contributed by atoms with Crippen molar-refractivity contribution in [3.63, 3.8) is 0 Å². The van der Waals surface area contributed by atoms with Crippen molar-refractivity contribution in [2.24, 2.45) is 12.0 Å². The SMILES string of the molecule is COCCCNC(=NCc1nnc(C)n1C)NCCCOCc1ccco1.I. The summed E-state index contributed by atoms with van der Waals surface area (Å²) in [5.74, 6) is 3.28. The van der Waals surface area contributed by atoms with E-state index in [4.69, 9.17) is 13.9 Å². The number of methoxy groups -OCH3 is 1. The molecule has 0 aliphatic carbocycles. The normalized spacial score (nSPS) is 11.3. The number of hydrogen-bond donors (Lipinski definition) is 2. The van der Waals surface area contributed by atoms with Gasteiger partial charge >= 0.3 is 0 Å². The Bertz CT molecular complexity index is 675. The van der Waals surface area contributed by atoms with Gasteiger partial charge in [-0.1, -0.05) is 0 Å². The number of guanidine groups is 1. The lowest BCUT2D eigenvalue weighted by atomic mass is 10.4. The Morgan fingerprint density at radius 1 is 1.21 bits per heavy atom. The van der Waals surface area contributed by atoms with Gasteiger partial charge in [0.2, 0.25) is 0 Å². The van der Waals surface area contributed by atoms with Gasteiger partial charge in [-0.2, -0.15) is 0 Å². The second-order valence-corrected chi connectivity index (χ2v) is 6.07. The van der Waals surface area contributed by atoms with Crippen LogP contribution in [0.4, 0.5) is 0 Å². The molecule has 158 valence electrons. The maximum Gasteiger partial charge on any atom is 0.191 e. The van der Waals surface area contributed by atoms with Crippen LogP contribution in [0, 0.1) is 6.92 Å². The van der Waals surface area contributed by atoms with Crippen molar-refractivity contribution in [1.29, 1.82) is 0 Å². The Morgan fingerprint density at radius 2 is 1.96 bits per heavy atom. The van der Waals surface area contributed by atoms with Gasteiger partial charge in [0, 0.05) is 40.5 Å². The number of hydrogen-bond acceptors (Lipinski definition) is 6. The Kier molecular flexibility index (Phi) is 12.5. The molecule has 0 saturated carbocycles. The average Bonchev–Trinajstić information content (AvgIpc) is 3.30. The second-order valence-electron chi connectivity index (χ2n) is 6.07. The molecule has 9 nitrogen and oxygen atoms in total. The number of nitrogens with one attached hydrogen (secondary N) is 2. The largest absolute Gasteiger partial charge is 0.467 e. The summed E-state index contributed by atoms with van der Waals surface area (Å²) in [6.07, 6.45) is 3.42. The first-order valence-electron chi connectivity index (χ1n) is 9.17. The predicted molar refractivity (Wildman–Crippen MR) is 118 cm³/mol. The number of furan rings is 1. The molecule has 0 saturated heterocycles. The van der Waals surface area contributed by atoms with Gasteiger partial charge in [-0.25, -0.2) is 4.99 Å². The minimum absolute atomic E-state index is 0. The van der Waals surface area contributed by atoms with Crippen molar-refractivity contribution in [3.8, 4) is 0 Å². The van der Waals surface area contributed by atoms with Gasteiger partial charge in [-0.05, 0) is 31.9 Å². The van der Waals surface area contributed by atoms with Crippen LogP contribution >= 0.6 is 24.0 Å². The zero-order valence-electron chi connectivity index (χ0n) is 16.8. The third-order valence-electron chi connectivity index (χ3n) is 3.96. The Balaban J connectivity index is 0.00000392. The first-order valence-corrected chi connectivity index (χ1v) is 9.17. The van der Waals surface area contributed by atoms with Gasteiger partial charge in [-0.15, -0.1) is 34.2 Å². The monoisotopic (exact) mass is 506 g/mol. The van der Waals surface area contributed by atoms with Crippen LogP contribution in [0.2, 0.25) is 0 Å². The fraction of sp³-hybridized carbons (Fsp3) is 0.611. The summed E-state index contributed by atoms with van der Waals surface area (Å²) >= 11 is 0. The van der Waals surface area contributed by atoms with Crippen LogP contribution in [0.1, 0.15) is 30.3 Å². The zero-order valence-corrected chi connectivity index (χ0v) is 19.1. The predicted octanol–water partition coefficient (Wildman–Crippen LogP) is 2.01. The van der Waals surface area contributed by atoms with E-state index in [0.29, 0.717) is 26.4 Å². The van der Waals surface area contributed by atoms with Crippen molar-refractivity contribution in [2.75, 3.05) is 33.4 Å². The van der Waals surface area contributed by atoms with E-state index in [0.717, 1.165) is 49.3 Å². The first-order chi connectivity index (χ1) is 13.2. The third kappa shape index (κ3) is 9.02. The maximum absolute atomic E-state index is 5.59. The minimum Gasteiger partial charge on any atom is -0.467 e. The number of aromatic nitrogens is 3. The molecule has 0 spiro atoms. The van der Waals surface area contributed by atoms with Crippen LogP contribution in [-0.2, 0) is 29.7 Å². The van der Waals surface area contributed by atoms with Gasteiger partial charge < -0.3 is 29.1 Å². The molecule has 0 unspecified atom stereocenters. The molecule has 0 radical (unpaired) electrons. The highest BCUT2D eigenvalue weighted by atomic mass is 127. The third-order valence-corrected chi connectivity index (χ3v) is 3.96. The standard InChI is InChI=1S/C18H30N6O3.HI/c1-15-22-23-17(24(15)2)13-21-18(19-8-5-10-25-3)20-9-6-11-26-14-16-7-4-12-27-16;/h4,7,12H,5-6,8-11,13-14H2,1-3H3,(H2,19,20,21);1H. The van der Waals surface area contributed by atoms with Crippen molar-refractivity contribution in [3.05, 3.63) is 35.8 Å². The van der Waals surface area contributed by atoms with Gasteiger partial charge in [0.05, 0.1) is 6.26 Å². The molecular weight excluding hydrogens is 475 g/mol. The highest BCUT2D eigenvalue weighted by molar-refractivity contribution is 14.0. The average molecular weight is 506 g/mol. The molecule has 2 N–H and O–H groups in total. The highest BCUT2D eigenvalue weighted by Crippen LogP contribution is 2.02. The van der Waals surface area contributed by atoms with Crippen molar-refractivity contribution in [1.82, 2.24) is 25.4 Å². The fourth-order valence-electron chi connectivity index (χ4n) is 2.28. The van der Waals surface area contributed by atoms with Crippen molar-refractivity contribution >= 4 is 29.9 Å². The van der Waals surface area contributed by atoms with Crippen LogP contribution < -0.4 is 10.6 Å². The summed E-state index contributed by atoms with van der Waals surface area (Å²) in [6, 6.07) is 3.76. The topological polar surface area (TPSA) is 98.7 Å². The Labute approximate surface area is 183 Å². The molecule has 0 aliphatic rings. The van der Waals surface area contributed by atoms with E-state index in [1.165, 1.54) is 0 Å². The zero-order chi connectivity index (χ0) is 19.3. The molecule has 0 atom stereocenters. The van der Waals surface area contributed by atoms with Crippen LogP contribution in [0.25, 0.3) is 0 Å². The molecule has 0 aromatic carbocycles. The molecule has 2 rings (SSSR count). The van der Waals surface area contributed by atoms with E-state index >= 15 is 0 Å². The van der Waals surface area contributed by atoms with Gasteiger partial charge in [0.15, 0.2) is 11.8 Å². The van der Waals surface area contributed by atoms with E-state index in [1.807, 2.05) is 30.7 Å². The number of nitrogens with zero attached hydrogens (tertiary/aromatic N) is 4. The fourth-order valence-corrected chi connectivity index (χ4v) is 2.28. The molecule has 28 heavy (non-hydrogen) atoms. The maximum atomic E-state index is 5.59. The van der Waals surface area contributed by atoms with E-state index in [9.17, 15) is 0 Å². The molecule has 0 aliphatic heterocycles. The van der Waals surface area contributed by atoms with Gasteiger partial charge in [-0.3, -0.25) is 0 Å². The molecule has 2 aromatic heterocycles. The summed E-state index contributed by atoms with van der Waals surface area (Å²) in [4.78, 5) is 4.60. The lowest BCUT2D eigenvalue weighted by Gasteiger charge is -2.12. The summed E-state index contributed by atoms with van der Waals surface area (Å²) in [5, 5.41) is 14.8. The molecular formula is C18H31IN6O3. The molecule has 2 aromatic rings. The van der Waals surface area contributed by atoms with E-state index in [2.05, 4.69) is 25.8 Å². The molecule has 0 amide bonds. The lowest BCUT2D eigenvalue weighted by molar-refractivity contribution is 0.105. The second kappa shape index (κ2) is 14.4. The molecule has 2 heterocycles. The lowest BCUT2D eigenvalue weighted by Crippen LogP contribution is -2.39. The Morgan fingerprint density at radius 3 is 2.57 bits per heavy atom. The highest BCUT2D eigenvalue weighted by Gasteiger charge is 2.05. The Hall–Kier alpha value is -1.66. The van der Waals surface area contributed by atoms with Crippen LogP contribution in [0.3, 0.4) is 0 Å². The smallest absolute Gasteiger partial charge is 0.191 e. The van der Waals surface area contributed by atoms with E-state index in [-0.39, 0.29) is 24.0 Å². The number of ether oxygens (including phenoxy) is 2. The summed E-state index contributed by atoms with van der Waals surface area (Å²) in [6.45, 7) is 5.78. The molecule has 10 heteroatoms. The summed E-state index contributed by atoms with van der Waals surface area (Å²) in [7, 11) is 3.64. The number of halogens is 1. The number of aliphatic imine (C=N–C) groups is 1. The number of rotatable bonds is 12. The first kappa shape index (κ1) is 24.4. The van der Waals surface area contributed by atoms with Gasteiger partial charge in [0.1, 0.15) is 24.7 Å². The van der Waals surface area contributed by atoms with Crippen LogP contribution in [-0.4, -0.2) is 54.1 Å². The minimum atomic E-state index is 0. The van der Waals surface area contributed by atoms with Crippen LogP contribution in [0.5, 0.6) is 0 Å². The summed E-state index contributed by atoms with van der Waals surface area (Å²) in [5.41, 5.74) is 0. The summed E-state index contributed by atoms with van der Waals surface area (Å²) < 4.78 is 17.8. The van der Waals surface area contributed by atoms with Crippen LogP contribution in [0.15, 0.2) is 27.8 Å². The van der Waals surface area contributed by atoms with E-state index in [1.54, 1.807) is 13.4 Å². The molecule has 0 fully saturated rings. The van der Waals surface area contributed by atoms with Crippen molar-refractivity contribution in [2.45, 2.75) is 32.9 Å².